The van der Waals surface area contributed by atoms with Crippen LogP contribution in [0.4, 0.5) is 5.69 Å². The van der Waals surface area contributed by atoms with Crippen molar-refractivity contribution in [3.8, 4) is 0 Å². The second-order valence-electron chi connectivity index (χ2n) is 8.02. The number of nitrogens with one attached hydrogen (secondary N) is 1. The van der Waals surface area contributed by atoms with Gasteiger partial charge in [-0.05, 0) is 37.8 Å². The second kappa shape index (κ2) is 7.83. The van der Waals surface area contributed by atoms with Crippen LogP contribution in [-0.2, 0) is 19.4 Å². The van der Waals surface area contributed by atoms with Crippen molar-refractivity contribution in [2.24, 2.45) is 0 Å². The molecule has 1 amide bonds. The zero-order valence-corrected chi connectivity index (χ0v) is 18.0. The third-order valence-electron chi connectivity index (χ3n) is 5.91. The van der Waals surface area contributed by atoms with E-state index in [1.54, 1.807) is 11.6 Å². The molecule has 1 fully saturated rings. The maximum absolute atomic E-state index is 12.8. The van der Waals surface area contributed by atoms with Gasteiger partial charge in [-0.1, -0.05) is 30.3 Å². The third kappa shape index (κ3) is 3.96. The first-order valence-electron chi connectivity index (χ1n) is 10.1. The van der Waals surface area contributed by atoms with E-state index in [1.807, 2.05) is 37.3 Å². The normalized spacial score (nSPS) is 20.7. The van der Waals surface area contributed by atoms with Crippen molar-refractivity contribution < 1.29 is 18.0 Å². The van der Waals surface area contributed by atoms with Gasteiger partial charge in [-0.15, -0.1) is 0 Å². The molecule has 8 heteroatoms. The highest BCUT2D eigenvalue weighted by atomic mass is 32.2. The molecule has 4 rings (SSSR count). The van der Waals surface area contributed by atoms with Gasteiger partial charge in [0.05, 0.1) is 41.0 Å². The number of hydrogen-bond donors (Lipinski definition) is 1. The number of carbonyl (C=O) groups excluding carboxylic acids is 2. The number of ketones is 1. The fourth-order valence-corrected chi connectivity index (χ4v) is 6.08. The minimum Gasteiger partial charge on any atom is -0.323 e. The van der Waals surface area contributed by atoms with E-state index in [9.17, 15) is 18.0 Å². The number of anilines is 1. The summed E-state index contributed by atoms with van der Waals surface area (Å²) >= 11 is 0. The van der Waals surface area contributed by atoms with E-state index in [4.69, 9.17) is 0 Å². The molecule has 1 N–H and O–H groups in total. The SMILES string of the molecule is Cc1nn(C2CCS(=O)(=O)C2)c(C)c1NC(=O)CC1=C(c2ccccc2)CCC1=O. The monoisotopic (exact) mass is 427 g/mol. The summed E-state index contributed by atoms with van der Waals surface area (Å²) in [6, 6.07) is 9.48. The molecule has 0 saturated carbocycles. The number of benzene rings is 1. The van der Waals surface area contributed by atoms with Crippen LogP contribution < -0.4 is 5.32 Å². The second-order valence-corrected chi connectivity index (χ2v) is 10.2. The van der Waals surface area contributed by atoms with E-state index in [-0.39, 0.29) is 35.7 Å². The maximum atomic E-state index is 12.8. The Morgan fingerprint density at radius 3 is 2.60 bits per heavy atom. The molecular formula is C22H25N3O4S. The molecule has 2 aliphatic rings. The standard InChI is InChI=1S/C22H25N3O4S/c1-14-22(15(2)25(24-14)17-10-11-30(28,29)13-17)23-21(27)12-19-18(8-9-20(19)26)16-6-4-3-5-7-16/h3-7,17H,8-13H2,1-2H3,(H,23,27). The molecule has 2 aromatic rings. The lowest BCUT2D eigenvalue weighted by molar-refractivity contribution is -0.119. The summed E-state index contributed by atoms with van der Waals surface area (Å²) in [4.78, 5) is 25.2. The van der Waals surface area contributed by atoms with Crippen LogP contribution in [0.25, 0.3) is 5.57 Å². The molecule has 1 aromatic carbocycles. The molecule has 1 aliphatic carbocycles. The zero-order chi connectivity index (χ0) is 21.5. The number of Topliss-reactive ketones (excluding diaryl/α,β-unsaturated/α-hetero) is 1. The summed E-state index contributed by atoms with van der Waals surface area (Å²) in [5.74, 6) is -0.0109. The smallest absolute Gasteiger partial charge is 0.229 e. The summed E-state index contributed by atoms with van der Waals surface area (Å²) in [5, 5.41) is 7.38. The molecule has 1 aromatic heterocycles. The Morgan fingerprint density at radius 2 is 1.93 bits per heavy atom. The number of nitrogens with zero attached hydrogens (tertiary/aromatic N) is 2. The summed E-state index contributed by atoms with van der Waals surface area (Å²) in [5.41, 5.74) is 4.46. The van der Waals surface area contributed by atoms with Crippen molar-refractivity contribution in [2.75, 3.05) is 16.8 Å². The number of allylic oxidation sites excluding steroid dienone is 1. The highest BCUT2D eigenvalue weighted by Gasteiger charge is 2.32. The Bertz CT molecular complexity index is 1150. The largest absolute Gasteiger partial charge is 0.323 e. The molecular weight excluding hydrogens is 402 g/mol. The molecule has 2 heterocycles. The van der Waals surface area contributed by atoms with Crippen molar-refractivity contribution in [3.05, 3.63) is 52.9 Å². The zero-order valence-electron chi connectivity index (χ0n) is 17.1. The summed E-state index contributed by atoms with van der Waals surface area (Å²) in [6.07, 6.45) is 1.63. The number of carbonyl (C=O) groups is 2. The minimum atomic E-state index is -3.03. The van der Waals surface area contributed by atoms with E-state index in [2.05, 4.69) is 10.4 Å². The summed E-state index contributed by atoms with van der Waals surface area (Å²) < 4.78 is 25.4. The molecule has 158 valence electrons. The van der Waals surface area contributed by atoms with Crippen LogP contribution >= 0.6 is 0 Å². The first kappa shape index (κ1) is 20.5. The van der Waals surface area contributed by atoms with Gasteiger partial charge < -0.3 is 5.32 Å². The lowest BCUT2D eigenvalue weighted by Gasteiger charge is -2.12. The van der Waals surface area contributed by atoms with E-state index in [0.717, 1.165) is 16.8 Å². The molecule has 0 bridgehead atoms. The van der Waals surface area contributed by atoms with Gasteiger partial charge in [-0.2, -0.15) is 5.10 Å². The van der Waals surface area contributed by atoms with E-state index >= 15 is 0 Å². The number of sulfone groups is 1. The van der Waals surface area contributed by atoms with Gasteiger partial charge in [0, 0.05) is 12.0 Å². The molecule has 0 spiro atoms. The van der Waals surface area contributed by atoms with Crippen LogP contribution in [-0.4, -0.2) is 41.4 Å². The Hall–Kier alpha value is -2.74. The van der Waals surface area contributed by atoms with Crippen LogP contribution in [0.1, 0.15) is 48.7 Å². The number of aromatic nitrogens is 2. The van der Waals surface area contributed by atoms with Crippen molar-refractivity contribution in [3.63, 3.8) is 0 Å². The van der Waals surface area contributed by atoms with Crippen LogP contribution in [0, 0.1) is 13.8 Å². The lowest BCUT2D eigenvalue weighted by Crippen LogP contribution is -2.17. The number of rotatable bonds is 5. The minimum absolute atomic E-state index is 0.0179. The van der Waals surface area contributed by atoms with Crippen LogP contribution in [0.5, 0.6) is 0 Å². The van der Waals surface area contributed by atoms with E-state index in [1.165, 1.54) is 0 Å². The summed E-state index contributed by atoms with van der Waals surface area (Å²) in [6.45, 7) is 3.62. The topological polar surface area (TPSA) is 98.1 Å². The molecule has 1 saturated heterocycles. The Balaban J connectivity index is 1.54. The molecule has 1 unspecified atom stereocenters. The fourth-order valence-electron chi connectivity index (χ4n) is 4.38. The maximum Gasteiger partial charge on any atom is 0.229 e. The average molecular weight is 428 g/mol. The Morgan fingerprint density at radius 1 is 1.20 bits per heavy atom. The van der Waals surface area contributed by atoms with E-state index < -0.39 is 9.84 Å². The first-order chi connectivity index (χ1) is 14.2. The number of aryl methyl sites for hydroxylation is 1. The number of hydrogen-bond acceptors (Lipinski definition) is 5. The van der Waals surface area contributed by atoms with Crippen molar-refractivity contribution in [1.29, 1.82) is 0 Å². The molecule has 1 atom stereocenters. The first-order valence-corrected chi connectivity index (χ1v) is 11.9. The Kier molecular flexibility index (Phi) is 5.36. The van der Waals surface area contributed by atoms with Crippen LogP contribution in [0.2, 0.25) is 0 Å². The van der Waals surface area contributed by atoms with Gasteiger partial charge >= 0.3 is 0 Å². The highest BCUT2D eigenvalue weighted by molar-refractivity contribution is 7.91. The van der Waals surface area contributed by atoms with Gasteiger partial charge in [0.2, 0.25) is 5.91 Å². The van der Waals surface area contributed by atoms with E-state index in [0.29, 0.717) is 36.2 Å². The predicted molar refractivity (Wildman–Crippen MR) is 115 cm³/mol. The average Bonchev–Trinajstić information content (AvgIpc) is 3.34. The van der Waals surface area contributed by atoms with Crippen molar-refractivity contribution >= 4 is 32.8 Å². The molecule has 7 nitrogen and oxygen atoms in total. The lowest BCUT2D eigenvalue weighted by atomic mass is 10.00. The fraction of sp³-hybridized carbons (Fsp3) is 0.409. The number of amides is 1. The quantitative estimate of drug-likeness (QED) is 0.791. The predicted octanol–water partition coefficient (Wildman–Crippen LogP) is 3.00. The van der Waals surface area contributed by atoms with Gasteiger partial charge in [0.25, 0.3) is 0 Å². The third-order valence-corrected chi connectivity index (χ3v) is 7.66. The van der Waals surface area contributed by atoms with Gasteiger partial charge in [0.15, 0.2) is 15.6 Å². The Labute approximate surface area is 176 Å². The van der Waals surface area contributed by atoms with Crippen molar-refractivity contribution in [2.45, 2.75) is 45.6 Å². The van der Waals surface area contributed by atoms with Crippen molar-refractivity contribution in [1.82, 2.24) is 9.78 Å². The molecule has 0 radical (unpaired) electrons. The summed E-state index contributed by atoms with van der Waals surface area (Å²) in [7, 11) is -3.03. The van der Waals surface area contributed by atoms with Gasteiger partial charge in [-0.3, -0.25) is 14.3 Å². The highest BCUT2D eigenvalue weighted by Crippen LogP contribution is 2.34. The van der Waals surface area contributed by atoms with Crippen LogP contribution in [0.3, 0.4) is 0 Å². The van der Waals surface area contributed by atoms with Gasteiger partial charge in [-0.25, -0.2) is 8.42 Å². The van der Waals surface area contributed by atoms with Crippen LogP contribution in [0.15, 0.2) is 35.9 Å². The molecule has 30 heavy (non-hydrogen) atoms. The van der Waals surface area contributed by atoms with Gasteiger partial charge in [0.1, 0.15) is 0 Å². The molecule has 1 aliphatic heterocycles.